The van der Waals surface area contributed by atoms with Gasteiger partial charge in [0.05, 0.1) is 0 Å². The highest BCUT2D eigenvalue weighted by Gasteiger charge is 2.44. The second-order valence-electron chi connectivity index (χ2n) is 5.76. The van der Waals surface area contributed by atoms with E-state index in [1.807, 2.05) is 7.05 Å². The Morgan fingerprint density at radius 3 is 2.71 bits per heavy atom. The number of rotatable bonds is 3. The summed E-state index contributed by atoms with van der Waals surface area (Å²) in [5.74, 6) is 0. The Bertz CT molecular complexity index is 386. The first-order valence-electron chi connectivity index (χ1n) is 6.80. The Hall–Kier alpha value is -1.02. The van der Waals surface area contributed by atoms with Crippen molar-refractivity contribution in [3.05, 3.63) is 29.8 Å². The fourth-order valence-electron chi connectivity index (χ4n) is 3.45. The molecule has 2 heteroatoms. The van der Waals surface area contributed by atoms with Crippen LogP contribution in [0.4, 0.5) is 5.69 Å². The maximum atomic E-state index is 3.22. The molecular formula is C15H22N2. The molecule has 1 aliphatic heterocycles. The molecule has 0 amide bonds. The largest absolute Gasteiger partial charge is 0.370 e. The minimum Gasteiger partial charge on any atom is -0.370 e. The molecule has 0 atom stereocenters. The first kappa shape index (κ1) is 11.1. The van der Waals surface area contributed by atoms with Crippen molar-refractivity contribution in [3.63, 3.8) is 0 Å². The Labute approximate surface area is 104 Å². The molecule has 1 aromatic rings. The van der Waals surface area contributed by atoms with Crippen LogP contribution in [-0.4, -0.2) is 20.1 Å². The molecule has 0 bridgehead atoms. The van der Waals surface area contributed by atoms with Crippen LogP contribution in [0.15, 0.2) is 24.3 Å². The molecule has 1 spiro atoms. The Kier molecular flexibility index (Phi) is 2.83. The molecule has 3 rings (SSSR count). The summed E-state index contributed by atoms with van der Waals surface area (Å²) in [6.07, 6.45) is 5.82. The van der Waals surface area contributed by atoms with Crippen molar-refractivity contribution in [1.29, 1.82) is 0 Å². The molecular weight excluding hydrogens is 208 g/mol. The maximum Gasteiger partial charge on any atom is 0.0369 e. The molecule has 2 fully saturated rings. The molecule has 1 aliphatic carbocycles. The van der Waals surface area contributed by atoms with Crippen LogP contribution >= 0.6 is 0 Å². The lowest BCUT2D eigenvalue weighted by molar-refractivity contribution is 0.222. The van der Waals surface area contributed by atoms with Gasteiger partial charge in [-0.05, 0) is 37.6 Å². The highest BCUT2D eigenvalue weighted by molar-refractivity contribution is 5.51. The van der Waals surface area contributed by atoms with E-state index in [2.05, 4.69) is 34.5 Å². The molecule has 1 aromatic carbocycles. The van der Waals surface area contributed by atoms with Gasteiger partial charge in [-0.15, -0.1) is 0 Å². The monoisotopic (exact) mass is 230 g/mol. The Morgan fingerprint density at radius 2 is 2.00 bits per heavy atom. The summed E-state index contributed by atoms with van der Waals surface area (Å²) >= 11 is 0. The van der Waals surface area contributed by atoms with Crippen LogP contribution in [0.1, 0.15) is 31.2 Å². The Balaban J connectivity index is 1.67. The van der Waals surface area contributed by atoms with Crippen LogP contribution in [0.5, 0.6) is 0 Å². The molecule has 2 nitrogen and oxygen atoms in total. The van der Waals surface area contributed by atoms with Crippen molar-refractivity contribution >= 4 is 5.69 Å². The van der Waals surface area contributed by atoms with E-state index >= 15 is 0 Å². The van der Waals surface area contributed by atoms with Crippen LogP contribution in [0, 0.1) is 5.41 Å². The lowest BCUT2D eigenvalue weighted by atomic mass is 9.78. The van der Waals surface area contributed by atoms with Gasteiger partial charge in [0.2, 0.25) is 0 Å². The van der Waals surface area contributed by atoms with Crippen LogP contribution in [0.2, 0.25) is 0 Å². The molecule has 2 aliphatic rings. The zero-order chi connectivity index (χ0) is 11.7. The fraction of sp³-hybridized carbons (Fsp3) is 0.600. The van der Waals surface area contributed by atoms with Gasteiger partial charge in [0.15, 0.2) is 0 Å². The van der Waals surface area contributed by atoms with Gasteiger partial charge < -0.3 is 10.2 Å². The van der Waals surface area contributed by atoms with E-state index in [4.69, 9.17) is 0 Å². The molecule has 0 aromatic heterocycles. The van der Waals surface area contributed by atoms with Crippen LogP contribution in [0.25, 0.3) is 0 Å². The number of hydrogen-bond donors (Lipinski definition) is 1. The summed E-state index contributed by atoms with van der Waals surface area (Å²) in [4.78, 5) is 2.55. The van der Waals surface area contributed by atoms with Crippen LogP contribution in [-0.2, 0) is 6.54 Å². The maximum absolute atomic E-state index is 3.22. The number of benzene rings is 1. The van der Waals surface area contributed by atoms with Crippen molar-refractivity contribution in [2.24, 2.45) is 5.41 Å². The van der Waals surface area contributed by atoms with Gasteiger partial charge in [0, 0.05) is 30.7 Å². The van der Waals surface area contributed by atoms with E-state index in [1.54, 1.807) is 0 Å². The molecule has 0 radical (unpaired) electrons. The zero-order valence-corrected chi connectivity index (χ0v) is 10.7. The minimum atomic E-state index is 0.693. The quantitative estimate of drug-likeness (QED) is 0.859. The Morgan fingerprint density at radius 1 is 1.24 bits per heavy atom. The van der Waals surface area contributed by atoms with E-state index < -0.39 is 0 Å². The van der Waals surface area contributed by atoms with E-state index in [1.165, 1.54) is 50.0 Å². The average Bonchev–Trinajstić information content (AvgIpc) is 2.77. The third kappa shape index (κ3) is 2.06. The van der Waals surface area contributed by atoms with Crippen LogP contribution in [0.3, 0.4) is 0 Å². The third-order valence-corrected chi connectivity index (χ3v) is 4.37. The molecule has 92 valence electrons. The summed E-state index contributed by atoms with van der Waals surface area (Å²) in [6.45, 7) is 3.54. The molecule has 1 N–H and O–H groups in total. The average molecular weight is 230 g/mol. The first-order valence-corrected chi connectivity index (χ1v) is 6.80. The summed E-state index contributed by atoms with van der Waals surface area (Å²) in [5, 5.41) is 3.22. The molecule has 17 heavy (non-hydrogen) atoms. The highest BCUT2D eigenvalue weighted by Crippen LogP contribution is 2.46. The molecule has 1 saturated heterocycles. The van der Waals surface area contributed by atoms with E-state index in [0.29, 0.717) is 5.41 Å². The number of hydrogen-bond acceptors (Lipinski definition) is 2. The van der Waals surface area contributed by atoms with E-state index in [0.717, 1.165) is 6.54 Å². The van der Waals surface area contributed by atoms with Crippen molar-refractivity contribution < 1.29 is 0 Å². The van der Waals surface area contributed by atoms with Crippen molar-refractivity contribution in [3.8, 4) is 0 Å². The van der Waals surface area contributed by atoms with Gasteiger partial charge in [-0.2, -0.15) is 0 Å². The second kappa shape index (κ2) is 4.34. The zero-order valence-electron chi connectivity index (χ0n) is 10.7. The predicted octanol–water partition coefficient (Wildman–Crippen LogP) is 2.79. The van der Waals surface area contributed by atoms with E-state index in [9.17, 15) is 0 Å². The molecule has 1 saturated carbocycles. The standard InChI is InChI=1S/C15H22N2/c1-16-10-13-5-4-6-14(9-13)17-11-15(12-17)7-2-3-8-15/h4-6,9,16H,2-3,7-8,10-12H2,1H3. The number of anilines is 1. The van der Waals surface area contributed by atoms with Gasteiger partial charge in [0.25, 0.3) is 0 Å². The molecule has 0 unspecified atom stereocenters. The SMILES string of the molecule is CNCc1cccc(N2CC3(CCCC3)C2)c1. The second-order valence-corrected chi connectivity index (χ2v) is 5.76. The lowest BCUT2D eigenvalue weighted by Gasteiger charge is -2.50. The van der Waals surface area contributed by atoms with Gasteiger partial charge >= 0.3 is 0 Å². The van der Waals surface area contributed by atoms with Gasteiger partial charge in [0.1, 0.15) is 0 Å². The summed E-state index contributed by atoms with van der Waals surface area (Å²) in [7, 11) is 2.00. The number of nitrogens with zero attached hydrogens (tertiary/aromatic N) is 1. The minimum absolute atomic E-state index is 0.693. The van der Waals surface area contributed by atoms with Gasteiger partial charge in [-0.25, -0.2) is 0 Å². The van der Waals surface area contributed by atoms with Crippen molar-refractivity contribution in [1.82, 2.24) is 5.32 Å². The normalized spacial score (nSPS) is 21.8. The van der Waals surface area contributed by atoms with Crippen molar-refractivity contribution in [2.45, 2.75) is 32.2 Å². The predicted molar refractivity (Wildman–Crippen MR) is 72.3 cm³/mol. The first-order chi connectivity index (χ1) is 8.31. The fourth-order valence-corrected chi connectivity index (χ4v) is 3.45. The van der Waals surface area contributed by atoms with Gasteiger partial charge in [-0.1, -0.05) is 25.0 Å². The molecule has 1 heterocycles. The topological polar surface area (TPSA) is 15.3 Å². The highest BCUT2D eigenvalue weighted by atomic mass is 15.2. The lowest BCUT2D eigenvalue weighted by Crippen LogP contribution is -2.55. The van der Waals surface area contributed by atoms with Gasteiger partial charge in [-0.3, -0.25) is 0 Å². The van der Waals surface area contributed by atoms with E-state index in [-0.39, 0.29) is 0 Å². The summed E-state index contributed by atoms with van der Waals surface area (Å²) < 4.78 is 0. The third-order valence-electron chi connectivity index (χ3n) is 4.37. The summed E-state index contributed by atoms with van der Waals surface area (Å²) in [5.41, 5.74) is 3.49. The van der Waals surface area contributed by atoms with Crippen LogP contribution < -0.4 is 10.2 Å². The smallest absolute Gasteiger partial charge is 0.0369 e. The number of nitrogens with one attached hydrogen (secondary N) is 1. The van der Waals surface area contributed by atoms with Crippen molar-refractivity contribution in [2.75, 3.05) is 25.0 Å². The summed E-state index contributed by atoms with van der Waals surface area (Å²) in [6, 6.07) is 8.96.